The highest BCUT2D eigenvalue weighted by Gasteiger charge is 2.02. The molecule has 2 rings (SSSR count). The van der Waals surface area contributed by atoms with Crippen molar-refractivity contribution in [2.75, 3.05) is 11.9 Å². The molecule has 0 atom stereocenters. The van der Waals surface area contributed by atoms with Crippen molar-refractivity contribution in [2.24, 2.45) is 0 Å². The number of amides is 1. The maximum Gasteiger partial charge on any atom is 0.238 e. The number of aryl methyl sites for hydroxylation is 1. The molecule has 2 aromatic rings. The Morgan fingerprint density at radius 1 is 1.05 bits per heavy atom. The van der Waals surface area contributed by atoms with E-state index in [1.165, 1.54) is 12.1 Å². The van der Waals surface area contributed by atoms with Gasteiger partial charge in [0.2, 0.25) is 5.91 Å². The Bertz CT molecular complexity index is 564. The van der Waals surface area contributed by atoms with Crippen LogP contribution in [0.4, 0.5) is 10.1 Å². The average Bonchev–Trinajstić information content (AvgIpc) is 2.44. The van der Waals surface area contributed by atoms with Crippen molar-refractivity contribution < 1.29 is 9.18 Å². The Kier molecular flexibility index (Phi) is 4.85. The number of carbonyl (C=O) groups is 1. The Hall–Kier alpha value is -2.20. The summed E-state index contributed by atoms with van der Waals surface area (Å²) >= 11 is 0. The second-order valence-electron chi connectivity index (χ2n) is 4.64. The molecule has 2 aromatic carbocycles. The van der Waals surface area contributed by atoms with Gasteiger partial charge in [-0.15, -0.1) is 0 Å². The van der Waals surface area contributed by atoms with Crippen molar-refractivity contribution in [3.63, 3.8) is 0 Å². The third kappa shape index (κ3) is 4.48. The Labute approximate surface area is 117 Å². The molecule has 0 saturated heterocycles. The van der Waals surface area contributed by atoms with Gasteiger partial charge in [0.15, 0.2) is 0 Å². The quantitative estimate of drug-likeness (QED) is 0.878. The van der Waals surface area contributed by atoms with Gasteiger partial charge in [0.05, 0.1) is 6.54 Å². The van der Waals surface area contributed by atoms with E-state index in [4.69, 9.17) is 0 Å². The molecule has 1 amide bonds. The van der Waals surface area contributed by atoms with E-state index in [2.05, 4.69) is 10.6 Å². The fourth-order valence-corrected chi connectivity index (χ4v) is 1.76. The SMILES string of the molecule is Cc1ccc(NC(=O)CNCc2ccc(F)cc2)cc1. The summed E-state index contributed by atoms with van der Waals surface area (Å²) in [5.41, 5.74) is 2.87. The summed E-state index contributed by atoms with van der Waals surface area (Å²) in [5, 5.41) is 5.82. The van der Waals surface area contributed by atoms with Gasteiger partial charge >= 0.3 is 0 Å². The van der Waals surface area contributed by atoms with Crippen LogP contribution in [0.3, 0.4) is 0 Å². The van der Waals surface area contributed by atoms with Crippen molar-refractivity contribution >= 4 is 11.6 Å². The monoisotopic (exact) mass is 272 g/mol. The zero-order chi connectivity index (χ0) is 14.4. The van der Waals surface area contributed by atoms with Crippen molar-refractivity contribution in [3.05, 3.63) is 65.5 Å². The maximum absolute atomic E-state index is 12.7. The molecule has 104 valence electrons. The van der Waals surface area contributed by atoms with Crippen molar-refractivity contribution in [1.82, 2.24) is 5.32 Å². The molecule has 0 aliphatic rings. The number of rotatable bonds is 5. The lowest BCUT2D eigenvalue weighted by Gasteiger charge is -2.07. The minimum atomic E-state index is -0.258. The molecule has 2 N–H and O–H groups in total. The standard InChI is InChI=1S/C16H17FN2O/c1-12-2-8-15(9-3-12)19-16(20)11-18-10-13-4-6-14(17)7-5-13/h2-9,18H,10-11H2,1H3,(H,19,20). The van der Waals surface area contributed by atoms with E-state index < -0.39 is 0 Å². The molecule has 0 aliphatic carbocycles. The van der Waals surface area contributed by atoms with Crippen LogP contribution in [0, 0.1) is 12.7 Å². The van der Waals surface area contributed by atoms with Gasteiger partial charge in [-0.05, 0) is 36.8 Å². The van der Waals surface area contributed by atoms with Gasteiger partial charge in [0.25, 0.3) is 0 Å². The topological polar surface area (TPSA) is 41.1 Å². The van der Waals surface area contributed by atoms with Gasteiger partial charge in [-0.1, -0.05) is 29.8 Å². The number of halogens is 1. The molecular formula is C16H17FN2O. The van der Waals surface area contributed by atoms with Gasteiger partial charge in [0, 0.05) is 12.2 Å². The maximum atomic E-state index is 12.7. The molecule has 0 aromatic heterocycles. The zero-order valence-electron chi connectivity index (χ0n) is 11.3. The molecule has 20 heavy (non-hydrogen) atoms. The summed E-state index contributed by atoms with van der Waals surface area (Å²) in [4.78, 5) is 11.7. The van der Waals surface area contributed by atoms with E-state index in [0.717, 1.165) is 16.8 Å². The third-order valence-corrected chi connectivity index (χ3v) is 2.86. The molecule has 0 unspecified atom stereocenters. The number of benzene rings is 2. The van der Waals surface area contributed by atoms with Gasteiger partial charge in [-0.3, -0.25) is 4.79 Å². The first-order chi connectivity index (χ1) is 9.63. The summed E-state index contributed by atoms with van der Waals surface area (Å²) < 4.78 is 12.7. The number of carbonyl (C=O) groups excluding carboxylic acids is 1. The van der Waals surface area contributed by atoms with Crippen LogP contribution in [0.25, 0.3) is 0 Å². The number of hydrogen-bond donors (Lipinski definition) is 2. The van der Waals surface area contributed by atoms with Gasteiger partial charge in [-0.2, -0.15) is 0 Å². The Morgan fingerprint density at radius 2 is 1.70 bits per heavy atom. The van der Waals surface area contributed by atoms with E-state index in [-0.39, 0.29) is 18.3 Å². The van der Waals surface area contributed by atoms with Crippen LogP contribution in [0.1, 0.15) is 11.1 Å². The fraction of sp³-hybridized carbons (Fsp3) is 0.188. The van der Waals surface area contributed by atoms with Crippen molar-refractivity contribution in [3.8, 4) is 0 Å². The Morgan fingerprint density at radius 3 is 2.35 bits per heavy atom. The van der Waals surface area contributed by atoms with Gasteiger partial charge in [0.1, 0.15) is 5.82 Å². The largest absolute Gasteiger partial charge is 0.325 e. The van der Waals surface area contributed by atoms with Crippen LogP contribution >= 0.6 is 0 Å². The first-order valence-corrected chi connectivity index (χ1v) is 6.45. The highest BCUT2D eigenvalue weighted by molar-refractivity contribution is 5.92. The second kappa shape index (κ2) is 6.82. The molecule has 0 aliphatic heterocycles. The molecule has 4 heteroatoms. The zero-order valence-corrected chi connectivity index (χ0v) is 11.3. The lowest BCUT2D eigenvalue weighted by atomic mass is 10.2. The minimum absolute atomic E-state index is 0.101. The first-order valence-electron chi connectivity index (χ1n) is 6.45. The predicted molar refractivity (Wildman–Crippen MR) is 77.9 cm³/mol. The van der Waals surface area contributed by atoms with Crippen LogP contribution in [0.15, 0.2) is 48.5 Å². The summed E-state index contributed by atoms with van der Waals surface area (Å²) in [6.45, 7) is 2.74. The molecular weight excluding hydrogens is 255 g/mol. The number of nitrogens with one attached hydrogen (secondary N) is 2. The second-order valence-corrected chi connectivity index (χ2v) is 4.64. The van der Waals surface area contributed by atoms with Crippen molar-refractivity contribution in [2.45, 2.75) is 13.5 Å². The number of anilines is 1. The smallest absolute Gasteiger partial charge is 0.238 e. The molecule has 0 heterocycles. The third-order valence-electron chi connectivity index (χ3n) is 2.86. The van der Waals surface area contributed by atoms with E-state index in [1.54, 1.807) is 12.1 Å². The Balaban J connectivity index is 1.75. The summed E-state index contributed by atoms with van der Waals surface area (Å²) in [6, 6.07) is 13.8. The highest BCUT2D eigenvalue weighted by Crippen LogP contribution is 2.08. The van der Waals surface area contributed by atoms with Gasteiger partial charge < -0.3 is 10.6 Å². The summed E-state index contributed by atoms with van der Waals surface area (Å²) in [6.07, 6.45) is 0. The van der Waals surface area contributed by atoms with Crippen LogP contribution in [-0.2, 0) is 11.3 Å². The molecule has 0 saturated carbocycles. The first kappa shape index (κ1) is 14.2. The molecule has 0 bridgehead atoms. The normalized spacial score (nSPS) is 10.3. The van der Waals surface area contributed by atoms with Gasteiger partial charge in [-0.25, -0.2) is 4.39 Å². The molecule has 0 radical (unpaired) electrons. The van der Waals surface area contributed by atoms with Crippen LogP contribution < -0.4 is 10.6 Å². The molecule has 0 spiro atoms. The fourth-order valence-electron chi connectivity index (χ4n) is 1.76. The lowest BCUT2D eigenvalue weighted by molar-refractivity contribution is -0.115. The van der Waals surface area contributed by atoms with Crippen molar-refractivity contribution in [1.29, 1.82) is 0 Å². The van der Waals surface area contributed by atoms with E-state index in [0.29, 0.717) is 6.54 Å². The van der Waals surface area contributed by atoms with E-state index in [1.807, 2.05) is 31.2 Å². The highest BCUT2D eigenvalue weighted by atomic mass is 19.1. The number of hydrogen-bond acceptors (Lipinski definition) is 2. The van der Waals surface area contributed by atoms with Crippen LogP contribution in [-0.4, -0.2) is 12.5 Å². The predicted octanol–water partition coefficient (Wildman–Crippen LogP) is 2.86. The van der Waals surface area contributed by atoms with E-state index in [9.17, 15) is 9.18 Å². The molecule has 3 nitrogen and oxygen atoms in total. The summed E-state index contributed by atoms with van der Waals surface area (Å²) in [5.74, 6) is -0.359. The van der Waals surface area contributed by atoms with Crippen LogP contribution in [0.5, 0.6) is 0 Å². The lowest BCUT2D eigenvalue weighted by Crippen LogP contribution is -2.27. The summed E-state index contributed by atoms with van der Waals surface area (Å²) in [7, 11) is 0. The average molecular weight is 272 g/mol. The van der Waals surface area contributed by atoms with Crippen LogP contribution in [0.2, 0.25) is 0 Å². The van der Waals surface area contributed by atoms with E-state index >= 15 is 0 Å². The minimum Gasteiger partial charge on any atom is -0.325 e. The molecule has 0 fully saturated rings.